The number of methoxy groups -OCH3 is 1. The van der Waals surface area contributed by atoms with E-state index in [0.29, 0.717) is 37.4 Å². The molecule has 3 rings (SSSR count). The second kappa shape index (κ2) is 9.21. The van der Waals surface area contributed by atoms with Crippen LogP contribution in [0.1, 0.15) is 30.4 Å². The van der Waals surface area contributed by atoms with E-state index in [4.69, 9.17) is 4.74 Å². The van der Waals surface area contributed by atoms with Crippen molar-refractivity contribution in [1.29, 1.82) is 0 Å². The second-order valence-corrected chi connectivity index (χ2v) is 8.82. The molecule has 1 amide bonds. The number of nitrogens with one attached hydrogen (secondary N) is 1. The zero-order chi connectivity index (χ0) is 20.0. The first-order valence-corrected chi connectivity index (χ1v) is 10.9. The van der Waals surface area contributed by atoms with Gasteiger partial charge < -0.3 is 10.1 Å². The number of ether oxygens (including phenoxy) is 1. The minimum Gasteiger partial charge on any atom is -0.497 e. The highest BCUT2D eigenvalue weighted by Gasteiger charge is 2.26. The van der Waals surface area contributed by atoms with Gasteiger partial charge in [-0.3, -0.25) is 4.79 Å². The Bertz CT molecular complexity index is 887. The molecule has 6 nitrogen and oxygen atoms in total. The summed E-state index contributed by atoms with van der Waals surface area (Å²) in [5.74, 6) is 0.745. The van der Waals surface area contributed by atoms with Crippen LogP contribution in [0.4, 0.5) is 0 Å². The van der Waals surface area contributed by atoms with Gasteiger partial charge in [-0.25, -0.2) is 8.42 Å². The predicted octanol–water partition coefficient (Wildman–Crippen LogP) is 2.73. The molecule has 2 aromatic carbocycles. The number of amides is 1. The van der Waals surface area contributed by atoms with Gasteiger partial charge in [-0.05, 0) is 54.7 Å². The van der Waals surface area contributed by atoms with Crippen LogP contribution in [0.25, 0.3) is 0 Å². The highest BCUT2D eigenvalue weighted by atomic mass is 32.2. The van der Waals surface area contributed by atoms with Gasteiger partial charge >= 0.3 is 0 Å². The number of nitrogens with zero attached hydrogens (tertiary/aromatic N) is 1. The summed E-state index contributed by atoms with van der Waals surface area (Å²) in [6, 6.07) is 14.4. The number of hydrogen-bond donors (Lipinski definition) is 1. The SMILES string of the molecule is COc1ccc(CNC(=O)CCc2ccc(S(=O)(=O)N3CCCC3)cc2)cc1. The summed E-state index contributed by atoms with van der Waals surface area (Å²) in [6.45, 7) is 1.66. The Morgan fingerprint density at radius 1 is 1.00 bits per heavy atom. The summed E-state index contributed by atoms with van der Waals surface area (Å²) in [6.07, 6.45) is 2.76. The first-order chi connectivity index (χ1) is 13.5. The van der Waals surface area contributed by atoms with Crippen LogP contribution in [0.2, 0.25) is 0 Å². The zero-order valence-electron chi connectivity index (χ0n) is 16.1. The Kier molecular flexibility index (Phi) is 6.70. The normalized spacial score (nSPS) is 14.8. The molecule has 0 atom stereocenters. The van der Waals surface area contributed by atoms with E-state index in [1.54, 1.807) is 31.4 Å². The van der Waals surface area contributed by atoms with Gasteiger partial charge in [0.25, 0.3) is 0 Å². The second-order valence-electron chi connectivity index (χ2n) is 6.88. The third-order valence-corrected chi connectivity index (χ3v) is 6.83. The standard InChI is InChI=1S/C21H26N2O4S/c1-27-19-9-4-18(5-10-19)16-22-21(24)13-8-17-6-11-20(12-7-17)28(25,26)23-14-2-3-15-23/h4-7,9-12H,2-3,8,13-16H2,1H3,(H,22,24). The third-order valence-electron chi connectivity index (χ3n) is 4.92. The Labute approximate surface area is 166 Å². The van der Waals surface area contributed by atoms with Gasteiger partial charge in [-0.2, -0.15) is 4.31 Å². The molecule has 1 aliphatic rings. The quantitative estimate of drug-likeness (QED) is 0.737. The average molecular weight is 403 g/mol. The maximum atomic E-state index is 12.5. The fourth-order valence-electron chi connectivity index (χ4n) is 3.20. The van der Waals surface area contributed by atoms with Crippen molar-refractivity contribution in [3.05, 3.63) is 59.7 Å². The first-order valence-electron chi connectivity index (χ1n) is 9.48. The number of aryl methyl sites for hydroxylation is 1. The van der Waals surface area contributed by atoms with Crippen LogP contribution < -0.4 is 10.1 Å². The van der Waals surface area contributed by atoms with Crippen LogP contribution in [0.3, 0.4) is 0 Å². The lowest BCUT2D eigenvalue weighted by atomic mass is 10.1. The Morgan fingerprint density at radius 3 is 2.21 bits per heavy atom. The van der Waals surface area contributed by atoms with Gasteiger partial charge in [-0.15, -0.1) is 0 Å². The smallest absolute Gasteiger partial charge is 0.243 e. The molecule has 1 fully saturated rings. The van der Waals surface area contributed by atoms with E-state index in [1.165, 1.54) is 4.31 Å². The van der Waals surface area contributed by atoms with Crippen molar-refractivity contribution in [3.8, 4) is 5.75 Å². The molecule has 1 saturated heterocycles. The summed E-state index contributed by atoms with van der Waals surface area (Å²) in [7, 11) is -1.77. The molecule has 1 N–H and O–H groups in total. The Morgan fingerprint density at radius 2 is 1.61 bits per heavy atom. The summed E-state index contributed by atoms with van der Waals surface area (Å²) >= 11 is 0. The number of hydrogen-bond acceptors (Lipinski definition) is 4. The van der Waals surface area contributed by atoms with Crippen molar-refractivity contribution < 1.29 is 17.9 Å². The average Bonchev–Trinajstić information content (AvgIpc) is 3.27. The Balaban J connectivity index is 1.48. The molecule has 1 heterocycles. The summed E-state index contributed by atoms with van der Waals surface area (Å²) in [4.78, 5) is 12.4. The van der Waals surface area contributed by atoms with Crippen LogP contribution in [0.15, 0.2) is 53.4 Å². The lowest BCUT2D eigenvalue weighted by Gasteiger charge is -2.15. The highest BCUT2D eigenvalue weighted by molar-refractivity contribution is 7.89. The summed E-state index contributed by atoms with van der Waals surface area (Å²) in [5.41, 5.74) is 1.95. The van der Waals surface area contributed by atoms with Gasteiger partial charge in [0.05, 0.1) is 12.0 Å². The summed E-state index contributed by atoms with van der Waals surface area (Å²) in [5, 5.41) is 2.90. The van der Waals surface area contributed by atoms with E-state index in [-0.39, 0.29) is 5.91 Å². The van der Waals surface area contributed by atoms with E-state index in [9.17, 15) is 13.2 Å². The van der Waals surface area contributed by atoms with Gasteiger partial charge in [0.15, 0.2) is 0 Å². The number of rotatable bonds is 8. The van der Waals surface area contributed by atoms with E-state index in [2.05, 4.69) is 5.32 Å². The molecular weight excluding hydrogens is 376 g/mol. The van der Waals surface area contributed by atoms with Crippen molar-refractivity contribution in [2.45, 2.75) is 37.1 Å². The fourth-order valence-corrected chi connectivity index (χ4v) is 4.71. The monoisotopic (exact) mass is 402 g/mol. The number of sulfonamides is 1. The maximum Gasteiger partial charge on any atom is 0.243 e. The molecule has 150 valence electrons. The molecule has 2 aromatic rings. The van der Waals surface area contributed by atoms with Crippen LogP contribution in [-0.2, 0) is 27.8 Å². The van der Waals surface area contributed by atoms with Crippen LogP contribution in [-0.4, -0.2) is 38.8 Å². The van der Waals surface area contributed by atoms with Crippen molar-refractivity contribution in [2.24, 2.45) is 0 Å². The summed E-state index contributed by atoms with van der Waals surface area (Å²) < 4.78 is 31.7. The molecule has 0 bridgehead atoms. The predicted molar refractivity (Wildman–Crippen MR) is 108 cm³/mol. The van der Waals surface area contributed by atoms with E-state index in [0.717, 1.165) is 29.7 Å². The molecule has 0 spiro atoms. The molecule has 1 aliphatic heterocycles. The molecule has 28 heavy (non-hydrogen) atoms. The Hall–Kier alpha value is -2.38. The maximum absolute atomic E-state index is 12.5. The lowest BCUT2D eigenvalue weighted by Crippen LogP contribution is -2.27. The third kappa shape index (κ3) is 5.11. The lowest BCUT2D eigenvalue weighted by molar-refractivity contribution is -0.121. The number of carbonyl (C=O) groups is 1. The van der Waals surface area contributed by atoms with Crippen LogP contribution >= 0.6 is 0 Å². The van der Waals surface area contributed by atoms with Crippen LogP contribution in [0.5, 0.6) is 5.75 Å². The zero-order valence-corrected chi connectivity index (χ0v) is 16.9. The molecule has 7 heteroatoms. The van der Waals surface area contributed by atoms with E-state index in [1.807, 2.05) is 24.3 Å². The van der Waals surface area contributed by atoms with Crippen LogP contribution in [0, 0.1) is 0 Å². The van der Waals surface area contributed by atoms with Crippen molar-refractivity contribution in [2.75, 3.05) is 20.2 Å². The highest BCUT2D eigenvalue weighted by Crippen LogP contribution is 2.21. The molecule has 0 radical (unpaired) electrons. The first kappa shape index (κ1) is 20.4. The molecule has 0 aliphatic carbocycles. The van der Waals surface area contributed by atoms with Gasteiger partial charge in [0.2, 0.25) is 15.9 Å². The minimum absolute atomic E-state index is 0.0374. The largest absolute Gasteiger partial charge is 0.497 e. The van der Waals surface area contributed by atoms with E-state index < -0.39 is 10.0 Å². The van der Waals surface area contributed by atoms with Crippen molar-refractivity contribution in [3.63, 3.8) is 0 Å². The number of benzene rings is 2. The van der Waals surface area contributed by atoms with Gasteiger partial charge in [-0.1, -0.05) is 24.3 Å². The minimum atomic E-state index is -3.39. The van der Waals surface area contributed by atoms with E-state index >= 15 is 0 Å². The molecule has 0 aromatic heterocycles. The molecule has 0 saturated carbocycles. The van der Waals surface area contributed by atoms with Crippen molar-refractivity contribution >= 4 is 15.9 Å². The van der Waals surface area contributed by atoms with Crippen molar-refractivity contribution in [1.82, 2.24) is 9.62 Å². The van der Waals surface area contributed by atoms with Gasteiger partial charge in [0.1, 0.15) is 5.75 Å². The molecule has 0 unspecified atom stereocenters. The fraction of sp³-hybridized carbons (Fsp3) is 0.381. The molecular formula is C21H26N2O4S. The topological polar surface area (TPSA) is 75.7 Å². The number of carbonyl (C=O) groups excluding carboxylic acids is 1. The van der Waals surface area contributed by atoms with Gasteiger partial charge in [0, 0.05) is 26.1 Å².